The Balaban J connectivity index is 2.15. The lowest BCUT2D eigenvalue weighted by Crippen LogP contribution is -2.38. The summed E-state index contributed by atoms with van der Waals surface area (Å²) in [5, 5.41) is 6.02. The molecule has 1 aliphatic rings. The van der Waals surface area contributed by atoms with E-state index in [0.29, 0.717) is 16.5 Å². The second kappa shape index (κ2) is 3.82. The Morgan fingerprint density at radius 3 is 2.88 bits per heavy atom. The van der Waals surface area contributed by atoms with Gasteiger partial charge in [-0.3, -0.25) is 0 Å². The predicted octanol–water partition coefficient (Wildman–Crippen LogP) is 3.16. The van der Waals surface area contributed by atoms with E-state index in [1.165, 1.54) is 0 Å². The molecule has 1 aromatic heterocycles. The number of para-hydroxylation sites is 1. The van der Waals surface area contributed by atoms with Crippen LogP contribution in [0.4, 0.5) is 10.5 Å². The Kier molecular flexibility index (Phi) is 2.30. The number of furan rings is 1. The molecule has 3 rings (SSSR count). The molecule has 1 aromatic carbocycles. The highest BCUT2D eigenvalue weighted by Gasteiger charge is 2.28. The number of hydrogen-bond donors (Lipinski definition) is 2. The van der Waals surface area contributed by atoms with Crippen molar-refractivity contribution in [3.8, 4) is 0 Å². The summed E-state index contributed by atoms with van der Waals surface area (Å²) in [4.78, 5) is 11.6. The van der Waals surface area contributed by atoms with Crippen LogP contribution >= 0.6 is 11.6 Å². The topological polar surface area (TPSA) is 54.3 Å². The van der Waals surface area contributed by atoms with Gasteiger partial charge in [-0.05, 0) is 18.2 Å². The molecule has 0 saturated carbocycles. The number of hydrogen-bond acceptors (Lipinski definition) is 2. The van der Waals surface area contributed by atoms with Crippen molar-refractivity contribution in [2.75, 3.05) is 5.32 Å². The van der Waals surface area contributed by atoms with Gasteiger partial charge in [-0.15, -0.1) is 0 Å². The molecule has 5 heteroatoms. The van der Waals surface area contributed by atoms with E-state index in [4.69, 9.17) is 16.0 Å². The average molecular weight is 249 g/mol. The number of urea groups is 1. The summed E-state index contributed by atoms with van der Waals surface area (Å²) >= 11 is 6.06. The lowest BCUT2D eigenvalue weighted by atomic mass is 10.0. The molecule has 1 unspecified atom stereocenters. The number of fused-ring (bicyclic) bond motifs is 1. The fraction of sp³-hybridized carbons (Fsp3) is 0.0833. The Morgan fingerprint density at radius 1 is 1.24 bits per heavy atom. The third kappa shape index (κ3) is 1.66. The molecule has 2 aromatic rings. The van der Waals surface area contributed by atoms with Gasteiger partial charge in [-0.2, -0.15) is 0 Å². The number of rotatable bonds is 1. The first kappa shape index (κ1) is 10.2. The molecule has 2 N–H and O–H groups in total. The van der Waals surface area contributed by atoms with E-state index in [2.05, 4.69) is 10.6 Å². The molecular weight excluding hydrogens is 240 g/mol. The molecule has 4 nitrogen and oxygen atoms in total. The molecular formula is C12H9ClN2O2. The molecule has 86 valence electrons. The standard InChI is InChI=1S/C12H9ClN2O2/c13-8-4-1-3-7-10(8)14-12(16)15-11(7)9-5-2-6-17-9/h1-6,11H,(H2,14,15,16). The van der Waals surface area contributed by atoms with Crippen molar-refractivity contribution in [2.24, 2.45) is 0 Å². The van der Waals surface area contributed by atoms with Crippen molar-refractivity contribution in [3.63, 3.8) is 0 Å². The van der Waals surface area contributed by atoms with E-state index in [1.807, 2.05) is 18.2 Å². The van der Waals surface area contributed by atoms with Crippen LogP contribution in [0.1, 0.15) is 17.4 Å². The van der Waals surface area contributed by atoms with Gasteiger partial charge in [0.15, 0.2) is 0 Å². The second-order valence-corrected chi connectivity index (χ2v) is 4.16. The molecule has 0 saturated heterocycles. The van der Waals surface area contributed by atoms with Crippen molar-refractivity contribution >= 4 is 23.3 Å². The normalized spacial score (nSPS) is 18.2. The summed E-state index contributed by atoms with van der Waals surface area (Å²) in [6.45, 7) is 0. The van der Waals surface area contributed by atoms with Crippen molar-refractivity contribution in [3.05, 3.63) is 52.9 Å². The van der Waals surface area contributed by atoms with Gasteiger partial charge in [0.25, 0.3) is 0 Å². The van der Waals surface area contributed by atoms with Crippen LogP contribution in [-0.2, 0) is 0 Å². The smallest absolute Gasteiger partial charge is 0.320 e. The zero-order valence-electron chi connectivity index (χ0n) is 8.74. The predicted molar refractivity (Wildman–Crippen MR) is 64.2 cm³/mol. The minimum absolute atomic E-state index is 0.285. The quantitative estimate of drug-likeness (QED) is 0.815. The average Bonchev–Trinajstić information content (AvgIpc) is 2.83. The number of benzene rings is 1. The maximum atomic E-state index is 11.6. The molecule has 1 aliphatic heterocycles. The number of anilines is 1. The highest BCUT2D eigenvalue weighted by molar-refractivity contribution is 6.34. The third-order valence-electron chi connectivity index (χ3n) is 2.70. The van der Waals surface area contributed by atoms with Gasteiger partial charge in [0.1, 0.15) is 11.8 Å². The van der Waals surface area contributed by atoms with Gasteiger partial charge >= 0.3 is 6.03 Å². The second-order valence-electron chi connectivity index (χ2n) is 3.75. The molecule has 0 aliphatic carbocycles. The monoisotopic (exact) mass is 248 g/mol. The maximum absolute atomic E-state index is 11.6. The van der Waals surface area contributed by atoms with E-state index < -0.39 is 0 Å². The number of halogens is 1. The first-order chi connectivity index (χ1) is 8.25. The third-order valence-corrected chi connectivity index (χ3v) is 3.01. The molecule has 0 fully saturated rings. The SMILES string of the molecule is O=C1Nc2c(Cl)cccc2C(c2ccco2)N1. The van der Waals surface area contributed by atoms with E-state index >= 15 is 0 Å². The summed E-state index contributed by atoms with van der Waals surface area (Å²) < 4.78 is 5.33. The molecule has 2 heterocycles. The van der Waals surface area contributed by atoms with Gasteiger partial charge in [-0.1, -0.05) is 23.7 Å². The van der Waals surface area contributed by atoms with Crippen LogP contribution < -0.4 is 10.6 Å². The van der Waals surface area contributed by atoms with E-state index in [1.54, 1.807) is 18.4 Å². The largest absolute Gasteiger partial charge is 0.467 e. The van der Waals surface area contributed by atoms with Gasteiger partial charge in [0, 0.05) is 5.56 Å². The van der Waals surface area contributed by atoms with Crippen LogP contribution in [0.3, 0.4) is 0 Å². The Morgan fingerprint density at radius 2 is 2.12 bits per heavy atom. The van der Waals surface area contributed by atoms with Crippen molar-refractivity contribution < 1.29 is 9.21 Å². The van der Waals surface area contributed by atoms with Crippen LogP contribution in [0.25, 0.3) is 0 Å². The van der Waals surface area contributed by atoms with Gasteiger partial charge in [0.05, 0.1) is 17.0 Å². The number of amides is 2. The van der Waals surface area contributed by atoms with Crippen LogP contribution in [0.5, 0.6) is 0 Å². The Hall–Kier alpha value is -1.94. The number of carbonyl (C=O) groups excluding carboxylic acids is 1. The summed E-state index contributed by atoms with van der Waals surface area (Å²) in [5.41, 5.74) is 1.53. The number of nitrogens with one attached hydrogen (secondary N) is 2. The minimum atomic E-state index is -0.299. The van der Waals surface area contributed by atoms with Crippen LogP contribution in [-0.4, -0.2) is 6.03 Å². The first-order valence-corrected chi connectivity index (χ1v) is 5.53. The summed E-state index contributed by atoms with van der Waals surface area (Å²) in [5.74, 6) is 0.684. The summed E-state index contributed by atoms with van der Waals surface area (Å²) in [6, 6.07) is 8.51. The lowest BCUT2D eigenvalue weighted by molar-refractivity contribution is 0.247. The van der Waals surface area contributed by atoms with Crippen LogP contribution in [0, 0.1) is 0 Å². The van der Waals surface area contributed by atoms with Gasteiger partial charge in [0.2, 0.25) is 0 Å². The van der Waals surface area contributed by atoms with Crippen LogP contribution in [0.2, 0.25) is 5.02 Å². The fourth-order valence-corrected chi connectivity index (χ4v) is 2.18. The molecule has 0 radical (unpaired) electrons. The summed E-state index contributed by atoms with van der Waals surface area (Å²) in [7, 11) is 0. The van der Waals surface area contributed by atoms with Crippen molar-refractivity contribution in [2.45, 2.75) is 6.04 Å². The van der Waals surface area contributed by atoms with E-state index in [0.717, 1.165) is 5.56 Å². The molecule has 0 spiro atoms. The highest BCUT2D eigenvalue weighted by atomic mass is 35.5. The zero-order valence-corrected chi connectivity index (χ0v) is 9.49. The lowest BCUT2D eigenvalue weighted by Gasteiger charge is -2.26. The Labute approximate surface area is 103 Å². The van der Waals surface area contributed by atoms with Crippen molar-refractivity contribution in [1.82, 2.24) is 5.32 Å². The zero-order chi connectivity index (χ0) is 11.8. The minimum Gasteiger partial charge on any atom is -0.467 e. The van der Waals surface area contributed by atoms with Crippen molar-refractivity contribution in [1.29, 1.82) is 0 Å². The van der Waals surface area contributed by atoms with E-state index in [9.17, 15) is 4.79 Å². The number of carbonyl (C=O) groups is 1. The highest BCUT2D eigenvalue weighted by Crippen LogP contribution is 2.36. The van der Waals surface area contributed by atoms with Crippen LogP contribution in [0.15, 0.2) is 41.0 Å². The fourth-order valence-electron chi connectivity index (χ4n) is 1.95. The van der Waals surface area contributed by atoms with Gasteiger partial charge in [-0.25, -0.2) is 4.79 Å². The first-order valence-electron chi connectivity index (χ1n) is 5.15. The molecule has 17 heavy (non-hydrogen) atoms. The Bertz CT molecular complexity index is 566. The molecule has 0 bridgehead atoms. The summed E-state index contributed by atoms with van der Waals surface area (Å²) in [6.07, 6.45) is 1.58. The van der Waals surface area contributed by atoms with E-state index in [-0.39, 0.29) is 12.1 Å². The molecule has 2 amide bonds. The maximum Gasteiger partial charge on any atom is 0.320 e. The van der Waals surface area contributed by atoms with Gasteiger partial charge < -0.3 is 15.1 Å². The molecule has 1 atom stereocenters.